The molecule has 0 unspecified atom stereocenters. The Morgan fingerprint density at radius 1 is 1.00 bits per heavy atom. The molecule has 0 saturated heterocycles. The van der Waals surface area contributed by atoms with Gasteiger partial charge in [0.15, 0.2) is 0 Å². The van der Waals surface area contributed by atoms with E-state index < -0.39 is 11.5 Å². The van der Waals surface area contributed by atoms with Crippen LogP contribution < -0.4 is 5.56 Å². The lowest BCUT2D eigenvalue weighted by Crippen LogP contribution is -2.36. The highest BCUT2D eigenvalue weighted by molar-refractivity contribution is 6.30. The summed E-state index contributed by atoms with van der Waals surface area (Å²) in [7, 11) is 3.85. The molecule has 4 aromatic rings. The molecule has 0 saturated carbocycles. The lowest BCUT2D eigenvalue weighted by molar-refractivity contribution is 0.190. The van der Waals surface area contributed by atoms with Crippen molar-refractivity contribution in [1.29, 1.82) is 0 Å². The van der Waals surface area contributed by atoms with Crippen LogP contribution >= 0.6 is 11.6 Å². The molecule has 7 heteroatoms. The largest absolute Gasteiger partial charge is 0.299 e. The van der Waals surface area contributed by atoms with E-state index in [2.05, 4.69) is 10.1 Å². The molecule has 0 aliphatic carbocycles. The van der Waals surface area contributed by atoms with E-state index in [1.165, 1.54) is 4.68 Å². The zero-order valence-electron chi connectivity index (χ0n) is 18.4. The van der Waals surface area contributed by atoms with Crippen molar-refractivity contribution in [2.45, 2.75) is 25.9 Å². The lowest BCUT2D eigenvalue weighted by atomic mass is 9.97. The Bertz CT molecular complexity index is 1350. The summed E-state index contributed by atoms with van der Waals surface area (Å²) >= 11 is 5.98. The third-order valence-electron chi connectivity index (χ3n) is 5.96. The van der Waals surface area contributed by atoms with Crippen LogP contribution in [-0.2, 0) is 12.1 Å². The van der Waals surface area contributed by atoms with Gasteiger partial charge in [0, 0.05) is 10.4 Å². The number of halogens is 2. The van der Waals surface area contributed by atoms with Crippen LogP contribution in [0, 0.1) is 5.95 Å². The minimum Gasteiger partial charge on any atom is -0.299 e. The van der Waals surface area contributed by atoms with Crippen LogP contribution in [0.4, 0.5) is 4.39 Å². The smallest absolute Gasteiger partial charge is 0.274 e. The van der Waals surface area contributed by atoms with Crippen molar-refractivity contribution < 1.29 is 4.39 Å². The Kier molecular flexibility index (Phi) is 5.84. The monoisotopic (exact) mass is 450 g/mol. The summed E-state index contributed by atoms with van der Waals surface area (Å²) in [5.41, 5.74) is 1.44. The highest BCUT2D eigenvalue weighted by Gasteiger charge is 2.26. The molecule has 0 aliphatic rings. The lowest BCUT2D eigenvalue weighted by Gasteiger charge is -2.32. The Morgan fingerprint density at radius 2 is 1.66 bits per heavy atom. The summed E-state index contributed by atoms with van der Waals surface area (Å²) < 4.78 is 16.6. The van der Waals surface area contributed by atoms with Crippen LogP contribution in [0.2, 0.25) is 5.02 Å². The van der Waals surface area contributed by atoms with Crippen molar-refractivity contribution >= 4 is 22.4 Å². The van der Waals surface area contributed by atoms with E-state index >= 15 is 4.39 Å². The third kappa shape index (κ3) is 4.04. The number of rotatable bonds is 5. The molecule has 2 heterocycles. The van der Waals surface area contributed by atoms with E-state index in [9.17, 15) is 4.79 Å². The molecule has 4 rings (SSSR count). The normalized spacial score (nSPS) is 12.0. The predicted molar refractivity (Wildman–Crippen MR) is 126 cm³/mol. The fourth-order valence-electron chi connectivity index (χ4n) is 3.48. The van der Waals surface area contributed by atoms with Crippen molar-refractivity contribution in [3.63, 3.8) is 0 Å². The molecule has 164 valence electrons. The van der Waals surface area contributed by atoms with Gasteiger partial charge in [-0.05, 0) is 63.8 Å². The standard InChI is InChI=1S/C25H24ClFN4O/c1-25(2,30(3)4)21-14-13-20(23(27)28-21)22-18-7-5-6-8-19(18)24(32)31(29-22)15-16-9-11-17(26)12-10-16/h5-14H,15H2,1-4H3. The van der Waals surface area contributed by atoms with E-state index in [1.54, 1.807) is 36.4 Å². The van der Waals surface area contributed by atoms with Crippen LogP contribution in [0.15, 0.2) is 65.5 Å². The number of benzene rings is 2. The van der Waals surface area contributed by atoms with Crippen LogP contribution in [0.25, 0.3) is 22.0 Å². The molecular formula is C25H24ClFN4O. The van der Waals surface area contributed by atoms with Gasteiger partial charge in [-0.2, -0.15) is 9.49 Å². The van der Waals surface area contributed by atoms with Crippen LogP contribution in [0.5, 0.6) is 0 Å². The molecule has 2 aromatic carbocycles. The molecule has 0 bridgehead atoms. The molecule has 0 N–H and O–H groups in total. The van der Waals surface area contributed by atoms with Crippen molar-refractivity contribution in [1.82, 2.24) is 19.7 Å². The van der Waals surface area contributed by atoms with Crippen molar-refractivity contribution in [2.75, 3.05) is 14.1 Å². The van der Waals surface area contributed by atoms with Crippen molar-refractivity contribution in [3.05, 3.63) is 93.2 Å². The Morgan fingerprint density at radius 3 is 2.28 bits per heavy atom. The molecule has 2 aromatic heterocycles. The van der Waals surface area contributed by atoms with Gasteiger partial charge in [0.25, 0.3) is 5.56 Å². The molecule has 0 fully saturated rings. The summed E-state index contributed by atoms with van der Waals surface area (Å²) in [5, 5.41) is 6.23. The first-order valence-electron chi connectivity index (χ1n) is 10.3. The summed E-state index contributed by atoms with van der Waals surface area (Å²) in [4.78, 5) is 19.3. The third-order valence-corrected chi connectivity index (χ3v) is 6.21. The first kappa shape index (κ1) is 22.1. The topological polar surface area (TPSA) is 51.0 Å². The van der Waals surface area contributed by atoms with Crippen LogP contribution in [0.1, 0.15) is 25.1 Å². The second-order valence-electron chi connectivity index (χ2n) is 8.47. The number of nitrogens with zero attached hydrogens (tertiary/aromatic N) is 4. The molecule has 32 heavy (non-hydrogen) atoms. The van der Waals surface area contributed by atoms with Crippen molar-refractivity contribution in [3.8, 4) is 11.3 Å². The van der Waals surface area contributed by atoms with Gasteiger partial charge in [-0.15, -0.1) is 0 Å². The molecule has 0 aliphatic heterocycles. The molecule has 5 nitrogen and oxygen atoms in total. The molecular weight excluding hydrogens is 427 g/mol. The van der Waals surface area contributed by atoms with Crippen molar-refractivity contribution in [2.24, 2.45) is 0 Å². The van der Waals surface area contributed by atoms with E-state index in [0.717, 1.165) is 5.56 Å². The first-order valence-corrected chi connectivity index (χ1v) is 10.7. The maximum absolute atomic E-state index is 15.3. The average Bonchev–Trinajstić information content (AvgIpc) is 2.77. The van der Waals surface area contributed by atoms with Gasteiger partial charge in [-0.1, -0.05) is 41.9 Å². The summed E-state index contributed by atoms with van der Waals surface area (Å²) in [6, 6.07) is 17.8. The highest BCUT2D eigenvalue weighted by atomic mass is 35.5. The molecule has 0 radical (unpaired) electrons. The van der Waals surface area contributed by atoms with Gasteiger partial charge < -0.3 is 0 Å². The molecule has 0 atom stereocenters. The molecule has 0 spiro atoms. The van der Waals surface area contributed by atoms with Gasteiger partial charge in [-0.25, -0.2) is 9.67 Å². The zero-order chi connectivity index (χ0) is 23.0. The maximum Gasteiger partial charge on any atom is 0.274 e. The maximum atomic E-state index is 15.3. The van der Waals surface area contributed by atoms with Gasteiger partial charge in [0.1, 0.15) is 5.69 Å². The number of pyridine rings is 1. The van der Waals surface area contributed by atoms with Crippen LogP contribution in [0.3, 0.4) is 0 Å². The number of hydrogen-bond donors (Lipinski definition) is 0. The van der Waals surface area contributed by atoms with Gasteiger partial charge in [-0.3, -0.25) is 9.69 Å². The zero-order valence-corrected chi connectivity index (χ0v) is 19.2. The highest BCUT2D eigenvalue weighted by Crippen LogP contribution is 2.30. The van der Waals surface area contributed by atoms with E-state index in [1.807, 2.05) is 57.1 Å². The van der Waals surface area contributed by atoms with Gasteiger partial charge in [0.05, 0.1) is 28.7 Å². The quantitative estimate of drug-likeness (QED) is 0.397. The SMILES string of the molecule is CN(C)C(C)(C)c1ccc(-c2nn(Cc3ccc(Cl)cc3)c(=O)c3ccccc23)c(F)n1. The summed E-state index contributed by atoms with van der Waals surface area (Å²) in [5.74, 6) is -0.619. The van der Waals surface area contributed by atoms with Gasteiger partial charge >= 0.3 is 0 Å². The fourth-order valence-corrected chi connectivity index (χ4v) is 3.61. The number of fused-ring (bicyclic) bond motifs is 1. The van der Waals surface area contributed by atoms with Gasteiger partial charge in [0.2, 0.25) is 5.95 Å². The Balaban J connectivity index is 1.88. The number of hydrogen-bond acceptors (Lipinski definition) is 4. The average molecular weight is 451 g/mol. The minimum absolute atomic E-state index is 0.238. The summed E-state index contributed by atoms with van der Waals surface area (Å²) in [6.07, 6.45) is 0. The van der Waals surface area contributed by atoms with E-state index in [4.69, 9.17) is 11.6 Å². The Hall–Kier alpha value is -3.09. The van der Waals surface area contributed by atoms with E-state index in [0.29, 0.717) is 27.2 Å². The second-order valence-corrected chi connectivity index (χ2v) is 8.91. The number of aromatic nitrogens is 3. The van der Waals surface area contributed by atoms with Crippen LogP contribution in [-0.4, -0.2) is 33.8 Å². The summed E-state index contributed by atoms with van der Waals surface area (Å²) in [6.45, 7) is 4.21. The molecule has 0 amide bonds. The Labute approximate surface area is 191 Å². The predicted octanol–water partition coefficient (Wildman–Crippen LogP) is 5.10. The fraction of sp³-hybridized carbons (Fsp3) is 0.240. The minimum atomic E-state index is -0.619. The van der Waals surface area contributed by atoms with E-state index in [-0.39, 0.29) is 17.7 Å². The second kappa shape index (κ2) is 8.45. The first-order chi connectivity index (χ1) is 15.2.